The number of carbonyl (C=O) groups excluding carboxylic acids is 1. The molecule has 0 aromatic heterocycles. The van der Waals surface area contributed by atoms with E-state index in [0.29, 0.717) is 18.5 Å². The van der Waals surface area contributed by atoms with E-state index < -0.39 is 22.2 Å². The topological polar surface area (TPSA) is 96.4 Å². The second-order valence-electron chi connectivity index (χ2n) is 7.76. The highest BCUT2D eigenvalue weighted by Gasteiger charge is 2.38. The SMILES string of the molecule is CCC(=O)N(C)C[C@H]1Oc2cc(C#CCOC)ccc2S(=O)(=O)N([C@@H](C)CO)C[C@H]1C. The van der Waals surface area contributed by atoms with Gasteiger partial charge in [-0.25, -0.2) is 8.42 Å². The van der Waals surface area contributed by atoms with Crippen molar-refractivity contribution in [1.82, 2.24) is 9.21 Å². The van der Waals surface area contributed by atoms with Gasteiger partial charge >= 0.3 is 0 Å². The van der Waals surface area contributed by atoms with Gasteiger partial charge in [0.15, 0.2) is 0 Å². The molecule has 172 valence electrons. The van der Waals surface area contributed by atoms with Crippen molar-refractivity contribution in [2.24, 2.45) is 5.92 Å². The maximum Gasteiger partial charge on any atom is 0.247 e. The molecule has 9 heteroatoms. The summed E-state index contributed by atoms with van der Waals surface area (Å²) in [6.45, 7) is 5.77. The van der Waals surface area contributed by atoms with Crippen LogP contribution in [0.3, 0.4) is 0 Å². The monoisotopic (exact) mass is 452 g/mol. The smallest absolute Gasteiger partial charge is 0.247 e. The maximum absolute atomic E-state index is 13.4. The molecular weight excluding hydrogens is 420 g/mol. The quantitative estimate of drug-likeness (QED) is 0.654. The van der Waals surface area contributed by atoms with E-state index >= 15 is 0 Å². The van der Waals surface area contributed by atoms with E-state index in [9.17, 15) is 18.3 Å². The van der Waals surface area contributed by atoms with Gasteiger partial charge in [-0.2, -0.15) is 4.31 Å². The molecule has 2 rings (SSSR count). The molecule has 0 saturated heterocycles. The average molecular weight is 453 g/mol. The predicted octanol–water partition coefficient (Wildman–Crippen LogP) is 1.32. The lowest BCUT2D eigenvalue weighted by atomic mass is 10.0. The molecule has 1 heterocycles. The number of hydrogen-bond donors (Lipinski definition) is 1. The lowest BCUT2D eigenvalue weighted by Gasteiger charge is -2.37. The third-order valence-corrected chi connectivity index (χ3v) is 7.32. The summed E-state index contributed by atoms with van der Waals surface area (Å²) in [5, 5.41) is 9.68. The van der Waals surface area contributed by atoms with Crippen molar-refractivity contribution in [2.45, 2.75) is 44.2 Å². The number of methoxy groups -OCH3 is 1. The second-order valence-corrected chi connectivity index (χ2v) is 9.62. The van der Waals surface area contributed by atoms with Crippen LogP contribution in [0.15, 0.2) is 23.1 Å². The summed E-state index contributed by atoms with van der Waals surface area (Å²) >= 11 is 0. The zero-order valence-electron chi connectivity index (χ0n) is 18.8. The molecule has 0 bridgehead atoms. The van der Waals surface area contributed by atoms with Crippen molar-refractivity contribution in [2.75, 3.05) is 40.5 Å². The molecule has 3 atom stereocenters. The van der Waals surface area contributed by atoms with Crippen LogP contribution < -0.4 is 4.74 Å². The zero-order chi connectivity index (χ0) is 23.2. The Balaban J connectivity index is 2.56. The number of amides is 1. The molecule has 0 radical (unpaired) electrons. The van der Waals surface area contributed by atoms with Crippen molar-refractivity contribution in [1.29, 1.82) is 0 Å². The predicted molar refractivity (Wildman–Crippen MR) is 117 cm³/mol. The first-order valence-electron chi connectivity index (χ1n) is 10.3. The van der Waals surface area contributed by atoms with Crippen molar-refractivity contribution in [3.63, 3.8) is 0 Å². The number of fused-ring (bicyclic) bond motifs is 1. The first kappa shape index (κ1) is 25.1. The van der Waals surface area contributed by atoms with Gasteiger partial charge in [-0.15, -0.1) is 0 Å². The number of hydrogen-bond acceptors (Lipinski definition) is 6. The fourth-order valence-corrected chi connectivity index (χ4v) is 5.20. The fourth-order valence-electron chi connectivity index (χ4n) is 3.37. The molecule has 0 unspecified atom stereocenters. The minimum absolute atomic E-state index is 0.0199. The number of sulfonamides is 1. The van der Waals surface area contributed by atoms with Crippen LogP contribution in [-0.2, 0) is 19.6 Å². The zero-order valence-corrected chi connectivity index (χ0v) is 19.6. The molecular formula is C22H32N2O6S. The Bertz CT molecular complexity index is 937. The summed E-state index contributed by atoms with van der Waals surface area (Å²) in [6.07, 6.45) is -0.0690. The molecule has 1 amide bonds. The Kier molecular flexibility index (Phi) is 8.89. The average Bonchev–Trinajstić information content (AvgIpc) is 2.75. The van der Waals surface area contributed by atoms with Crippen LogP contribution in [0.2, 0.25) is 0 Å². The molecule has 0 saturated carbocycles. The van der Waals surface area contributed by atoms with Crippen LogP contribution >= 0.6 is 0 Å². The van der Waals surface area contributed by atoms with Crippen LogP contribution in [0.1, 0.15) is 32.8 Å². The van der Waals surface area contributed by atoms with Gasteiger partial charge in [-0.1, -0.05) is 25.7 Å². The first-order chi connectivity index (χ1) is 14.6. The van der Waals surface area contributed by atoms with E-state index in [1.807, 2.05) is 6.92 Å². The molecule has 1 aliphatic rings. The second kappa shape index (κ2) is 11.0. The Morgan fingerprint density at radius 1 is 1.45 bits per heavy atom. The van der Waals surface area contributed by atoms with Crippen molar-refractivity contribution >= 4 is 15.9 Å². The third-order valence-electron chi connectivity index (χ3n) is 5.30. The molecule has 0 fully saturated rings. The normalized spacial score (nSPS) is 21.5. The van der Waals surface area contributed by atoms with Gasteiger partial charge in [0.05, 0.1) is 13.2 Å². The summed E-state index contributed by atoms with van der Waals surface area (Å²) in [5.41, 5.74) is 0.595. The number of rotatable bonds is 6. The van der Waals surface area contributed by atoms with Gasteiger partial charge in [0, 0.05) is 44.6 Å². The molecule has 1 aliphatic heterocycles. The fraction of sp³-hybridized carbons (Fsp3) is 0.591. The highest BCUT2D eigenvalue weighted by Crippen LogP contribution is 2.34. The highest BCUT2D eigenvalue weighted by molar-refractivity contribution is 7.89. The van der Waals surface area contributed by atoms with Gasteiger partial charge in [0.25, 0.3) is 0 Å². The summed E-state index contributed by atoms with van der Waals surface area (Å²) in [5.74, 6) is 5.71. The van der Waals surface area contributed by atoms with Crippen molar-refractivity contribution in [3.8, 4) is 17.6 Å². The summed E-state index contributed by atoms with van der Waals surface area (Å²) in [4.78, 5) is 13.7. The molecule has 1 aromatic rings. The van der Waals surface area contributed by atoms with Gasteiger partial charge < -0.3 is 19.5 Å². The van der Waals surface area contributed by atoms with Gasteiger partial charge in [0.2, 0.25) is 15.9 Å². The Labute approximate surface area is 185 Å². The van der Waals surface area contributed by atoms with E-state index in [2.05, 4.69) is 11.8 Å². The largest absolute Gasteiger partial charge is 0.487 e. The van der Waals surface area contributed by atoms with E-state index in [1.165, 1.54) is 10.4 Å². The number of nitrogens with zero attached hydrogens (tertiary/aromatic N) is 2. The maximum atomic E-state index is 13.4. The minimum Gasteiger partial charge on any atom is -0.487 e. The molecule has 31 heavy (non-hydrogen) atoms. The van der Waals surface area contributed by atoms with E-state index in [1.54, 1.807) is 45.0 Å². The third kappa shape index (κ3) is 5.98. The van der Waals surface area contributed by atoms with Crippen LogP contribution in [0.4, 0.5) is 0 Å². The summed E-state index contributed by atoms with van der Waals surface area (Å²) < 4.78 is 39.2. The van der Waals surface area contributed by atoms with E-state index in [-0.39, 0.29) is 42.2 Å². The Hall–Kier alpha value is -2.12. The number of aliphatic hydroxyl groups excluding tert-OH is 1. The first-order valence-corrected chi connectivity index (χ1v) is 11.7. The standard InChI is InChI=1S/C22H32N2O6S/c1-6-22(26)23(4)14-20-16(2)13-24(17(3)15-25)31(27,28)21-10-9-18(8-7-11-29-5)12-19(21)30-20/h9-10,12,16-17,20,25H,6,11,13-15H2,1-5H3/t16-,17+,20-/m1/s1. The van der Waals surface area contributed by atoms with E-state index in [0.717, 1.165) is 0 Å². The number of ether oxygens (including phenoxy) is 2. The molecule has 0 aliphatic carbocycles. The minimum atomic E-state index is -3.91. The summed E-state index contributed by atoms with van der Waals surface area (Å²) in [7, 11) is -0.656. The highest BCUT2D eigenvalue weighted by atomic mass is 32.2. The van der Waals surface area contributed by atoms with Gasteiger partial charge in [0.1, 0.15) is 23.4 Å². The van der Waals surface area contributed by atoms with Gasteiger partial charge in [-0.3, -0.25) is 4.79 Å². The van der Waals surface area contributed by atoms with Crippen LogP contribution in [0.5, 0.6) is 5.75 Å². The lowest BCUT2D eigenvalue weighted by molar-refractivity contribution is -0.131. The van der Waals surface area contributed by atoms with E-state index in [4.69, 9.17) is 9.47 Å². The summed E-state index contributed by atoms with van der Waals surface area (Å²) in [6, 6.07) is 4.10. The number of aliphatic hydroxyl groups is 1. The molecule has 1 N–H and O–H groups in total. The molecule has 0 spiro atoms. The van der Waals surface area contributed by atoms with Crippen LogP contribution in [0, 0.1) is 17.8 Å². The molecule has 8 nitrogen and oxygen atoms in total. The van der Waals surface area contributed by atoms with Crippen molar-refractivity contribution in [3.05, 3.63) is 23.8 Å². The molecule has 1 aromatic carbocycles. The van der Waals surface area contributed by atoms with Crippen LogP contribution in [-0.4, -0.2) is 81.2 Å². The Morgan fingerprint density at radius 3 is 2.77 bits per heavy atom. The lowest BCUT2D eigenvalue weighted by Crippen LogP contribution is -2.50. The van der Waals surface area contributed by atoms with Gasteiger partial charge in [-0.05, 0) is 25.1 Å². The number of carbonyl (C=O) groups is 1. The van der Waals surface area contributed by atoms with Crippen molar-refractivity contribution < 1.29 is 27.8 Å². The van der Waals surface area contributed by atoms with Crippen LogP contribution in [0.25, 0.3) is 0 Å². The number of likely N-dealkylation sites (N-methyl/N-ethyl adjacent to an activating group) is 1. The Morgan fingerprint density at radius 2 is 2.16 bits per heavy atom. The number of benzene rings is 1.